The summed E-state index contributed by atoms with van der Waals surface area (Å²) in [6.45, 7) is 5.14. The number of imidazole rings is 1. The number of hydrogen-bond acceptors (Lipinski definition) is 2. The molecule has 0 atom stereocenters. The zero-order valence-corrected chi connectivity index (χ0v) is 8.62. The summed E-state index contributed by atoms with van der Waals surface area (Å²) in [5, 5.41) is 0. The van der Waals surface area contributed by atoms with Gasteiger partial charge in [-0.1, -0.05) is 19.1 Å². The number of anilines is 1. The molecule has 14 heavy (non-hydrogen) atoms. The molecule has 2 rings (SSSR count). The predicted octanol–water partition coefficient (Wildman–Crippen LogP) is 2.34. The Morgan fingerprint density at radius 3 is 2.93 bits per heavy atom. The van der Waals surface area contributed by atoms with Gasteiger partial charge in [-0.25, -0.2) is 4.98 Å². The lowest BCUT2D eigenvalue weighted by molar-refractivity contribution is 0.707. The van der Waals surface area contributed by atoms with Gasteiger partial charge in [0.2, 0.25) is 5.95 Å². The van der Waals surface area contributed by atoms with Gasteiger partial charge >= 0.3 is 0 Å². The maximum atomic E-state index is 5.86. The Morgan fingerprint density at radius 2 is 2.21 bits per heavy atom. The monoisotopic (exact) mass is 189 g/mol. The number of benzene rings is 1. The van der Waals surface area contributed by atoms with Gasteiger partial charge in [-0.3, -0.25) is 0 Å². The Hall–Kier alpha value is -1.51. The van der Waals surface area contributed by atoms with Crippen molar-refractivity contribution in [2.45, 2.75) is 26.8 Å². The van der Waals surface area contributed by atoms with Crippen molar-refractivity contribution >= 4 is 17.0 Å². The normalized spacial score (nSPS) is 11.0. The van der Waals surface area contributed by atoms with Gasteiger partial charge < -0.3 is 10.3 Å². The molecule has 0 saturated carbocycles. The van der Waals surface area contributed by atoms with Gasteiger partial charge in [-0.2, -0.15) is 0 Å². The summed E-state index contributed by atoms with van der Waals surface area (Å²) in [4.78, 5) is 4.37. The van der Waals surface area contributed by atoms with Crippen molar-refractivity contribution < 1.29 is 0 Å². The van der Waals surface area contributed by atoms with E-state index < -0.39 is 0 Å². The van der Waals surface area contributed by atoms with E-state index in [1.54, 1.807) is 0 Å². The third-order valence-electron chi connectivity index (χ3n) is 2.46. The van der Waals surface area contributed by atoms with Crippen LogP contribution in [0.15, 0.2) is 18.2 Å². The summed E-state index contributed by atoms with van der Waals surface area (Å²) >= 11 is 0. The van der Waals surface area contributed by atoms with Crippen LogP contribution in [0.2, 0.25) is 0 Å². The van der Waals surface area contributed by atoms with Crippen LogP contribution in [0.4, 0.5) is 5.95 Å². The molecule has 0 amide bonds. The number of hydrogen-bond donors (Lipinski definition) is 1. The number of nitrogens with two attached hydrogens (primary N) is 1. The molecule has 2 aromatic rings. The van der Waals surface area contributed by atoms with Crippen LogP contribution < -0.4 is 5.73 Å². The molecule has 1 aromatic heterocycles. The highest BCUT2D eigenvalue weighted by Gasteiger charge is 2.07. The summed E-state index contributed by atoms with van der Waals surface area (Å²) < 4.78 is 2.07. The SMILES string of the molecule is CCCn1c(N)nc2c(C)cccc21. The van der Waals surface area contributed by atoms with E-state index in [1.165, 1.54) is 5.56 Å². The fourth-order valence-corrected chi connectivity index (χ4v) is 1.76. The minimum atomic E-state index is 0.621. The average Bonchev–Trinajstić information content (AvgIpc) is 2.47. The number of nitrogen functional groups attached to an aromatic ring is 1. The molecule has 3 nitrogen and oxygen atoms in total. The molecule has 0 radical (unpaired) electrons. The van der Waals surface area contributed by atoms with Crippen LogP contribution in [0, 0.1) is 6.92 Å². The van der Waals surface area contributed by atoms with Gasteiger partial charge in [0.25, 0.3) is 0 Å². The Labute approximate surface area is 83.6 Å². The molecule has 0 spiro atoms. The van der Waals surface area contributed by atoms with Crippen LogP contribution in [0.5, 0.6) is 0 Å². The van der Waals surface area contributed by atoms with Crippen molar-refractivity contribution in [3.63, 3.8) is 0 Å². The lowest BCUT2D eigenvalue weighted by atomic mass is 10.2. The topological polar surface area (TPSA) is 43.8 Å². The standard InChI is InChI=1S/C11H15N3/c1-3-7-14-9-6-4-5-8(2)10(9)13-11(14)12/h4-6H,3,7H2,1-2H3,(H2,12,13). The summed E-state index contributed by atoms with van der Waals surface area (Å²) in [7, 11) is 0. The zero-order chi connectivity index (χ0) is 10.1. The van der Waals surface area contributed by atoms with E-state index >= 15 is 0 Å². The van der Waals surface area contributed by atoms with Crippen LogP contribution in [0.25, 0.3) is 11.0 Å². The summed E-state index contributed by atoms with van der Waals surface area (Å²) in [6.07, 6.45) is 1.07. The van der Waals surface area contributed by atoms with Crippen LogP contribution in [-0.4, -0.2) is 9.55 Å². The van der Waals surface area contributed by atoms with Crippen LogP contribution in [0.1, 0.15) is 18.9 Å². The molecule has 1 heterocycles. The summed E-state index contributed by atoms with van der Waals surface area (Å²) in [5.74, 6) is 0.621. The third kappa shape index (κ3) is 1.25. The fraction of sp³-hybridized carbons (Fsp3) is 0.364. The van der Waals surface area contributed by atoms with E-state index in [0.29, 0.717) is 5.95 Å². The largest absolute Gasteiger partial charge is 0.369 e. The predicted molar refractivity (Wildman–Crippen MR) is 59.2 cm³/mol. The molecule has 1 aromatic carbocycles. The van der Waals surface area contributed by atoms with E-state index in [2.05, 4.69) is 35.5 Å². The van der Waals surface area contributed by atoms with Crippen molar-refractivity contribution in [2.24, 2.45) is 0 Å². The van der Waals surface area contributed by atoms with Crippen molar-refractivity contribution in [1.82, 2.24) is 9.55 Å². The Bertz CT molecular complexity index is 457. The maximum absolute atomic E-state index is 5.86. The van der Waals surface area contributed by atoms with Crippen molar-refractivity contribution in [3.05, 3.63) is 23.8 Å². The highest BCUT2D eigenvalue weighted by atomic mass is 15.1. The zero-order valence-electron chi connectivity index (χ0n) is 8.62. The molecular formula is C11H15N3. The number of rotatable bonds is 2. The second-order valence-corrected chi connectivity index (χ2v) is 3.56. The van der Waals surface area contributed by atoms with Crippen LogP contribution in [-0.2, 0) is 6.54 Å². The Balaban J connectivity index is 2.70. The molecule has 0 bridgehead atoms. The lowest BCUT2D eigenvalue weighted by Gasteiger charge is -2.03. The Morgan fingerprint density at radius 1 is 1.43 bits per heavy atom. The first kappa shape index (κ1) is 9.06. The fourth-order valence-electron chi connectivity index (χ4n) is 1.76. The number of nitrogens with zero attached hydrogens (tertiary/aromatic N) is 2. The molecule has 0 aliphatic heterocycles. The van der Waals surface area contributed by atoms with Crippen LogP contribution in [0.3, 0.4) is 0 Å². The van der Waals surface area contributed by atoms with Crippen molar-refractivity contribution in [3.8, 4) is 0 Å². The highest BCUT2D eigenvalue weighted by Crippen LogP contribution is 2.20. The minimum Gasteiger partial charge on any atom is -0.369 e. The molecule has 0 fully saturated rings. The molecule has 0 unspecified atom stereocenters. The second kappa shape index (κ2) is 3.33. The molecule has 0 saturated heterocycles. The summed E-state index contributed by atoms with van der Waals surface area (Å²) in [5.41, 5.74) is 9.21. The van der Waals surface area contributed by atoms with Gasteiger partial charge in [0, 0.05) is 6.54 Å². The van der Waals surface area contributed by atoms with Gasteiger partial charge in [-0.05, 0) is 25.0 Å². The van der Waals surface area contributed by atoms with Gasteiger partial charge in [0.15, 0.2) is 0 Å². The van der Waals surface area contributed by atoms with Gasteiger partial charge in [-0.15, -0.1) is 0 Å². The lowest BCUT2D eigenvalue weighted by Crippen LogP contribution is -2.02. The van der Waals surface area contributed by atoms with E-state index in [1.807, 2.05) is 6.07 Å². The van der Waals surface area contributed by atoms with E-state index in [0.717, 1.165) is 24.0 Å². The molecule has 0 aliphatic rings. The first-order valence-corrected chi connectivity index (χ1v) is 4.95. The third-order valence-corrected chi connectivity index (χ3v) is 2.46. The smallest absolute Gasteiger partial charge is 0.201 e. The first-order valence-electron chi connectivity index (χ1n) is 4.95. The Kier molecular flexibility index (Phi) is 2.15. The molecule has 74 valence electrons. The average molecular weight is 189 g/mol. The number of fused-ring (bicyclic) bond motifs is 1. The minimum absolute atomic E-state index is 0.621. The number of aromatic nitrogens is 2. The van der Waals surface area contributed by atoms with Crippen molar-refractivity contribution in [2.75, 3.05) is 5.73 Å². The number of para-hydroxylation sites is 1. The van der Waals surface area contributed by atoms with E-state index in [4.69, 9.17) is 5.73 Å². The molecular weight excluding hydrogens is 174 g/mol. The van der Waals surface area contributed by atoms with Gasteiger partial charge in [0.1, 0.15) is 0 Å². The maximum Gasteiger partial charge on any atom is 0.201 e. The van der Waals surface area contributed by atoms with E-state index in [-0.39, 0.29) is 0 Å². The number of aryl methyl sites for hydroxylation is 2. The van der Waals surface area contributed by atoms with Crippen molar-refractivity contribution in [1.29, 1.82) is 0 Å². The molecule has 2 N–H and O–H groups in total. The second-order valence-electron chi connectivity index (χ2n) is 3.56. The van der Waals surface area contributed by atoms with Crippen LogP contribution >= 0.6 is 0 Å². The van der Waals surface area contributed by atoms with E-state index in [9.17, 15) is 0 Å². The molecule has 0 aliphatic carbocycles. The molecule has 3 heteroatoms. The first-order chi connectivity index (χ1) is 6.74. The van der Waals surface area contributed by atoms with Gasteiger partial charge in [0.05, 0.1) is 11.0 Å². The highest BCUT2D eigenvalue weighted by molar-refractivity contribution is 5.81. The quantitative estimate of drug-likeness (QED) is 0.788. The summed E-state index contributed by atoms with van der Waals surface area (Å²) in [6, 6.07) is 6.18.